The molecular formula is C10H16N6OS. The number of nitrogens with one attached hydrogen (secondary N) is 1. The number of aromatic nitrogens is 5. The van der Waals surface area contributed by atoms with Crippen molar-refractivity contribution >= 4 is 11.8 Å². The van der Waals surface area contributed by atoms with Gasteiger partial charge in [-0.25, -0.2) is 4.68 Å². The van der Waals surface area contributed by atoms with Crippen LogP contribution in [-0.2, 0) is 12.3 Å². The average Bonchev–Trinajstić information content (AvgIpc) is 2.96. The molecule has 1 N–H and O–H groups in total. The van der Waals surface area contributed by atoms with E-state index >= 15 is 0 Å². The van der Waals surface area contributed by atoms with Crippen LogP contribution >= 0.6 is 11.8 Å². The molecule has 0 unspecified atom stereocenters. The van der Waals surface area contributed by atoms with Gasteiger partial charge in [-0.15, -0.1) is 5.10 Å². The number of aryl methyl sites for hydroxylation is 1. The summed E-state index contributed by atoms with van der Waals surface area (Å²) in [5.41, 5.74) is 0.902. The van der Waals surface area contributed by atoms with E-state index in [1.54, 1.807) is 16.4 Å². The van der Waals surface area contributed by atoms with Crippen molar-refractivity contribution < 1.29 is 4.52 Å². The molecule has 0 aromatic carbocycles. The monoisotopic (exact) mass is 268 g/mol. The van der Waals surface area contributed by atoms with E-state index in [1.807, 2.05) is 13.0 Å². The van der Waals surface area contributed by atoms with E-state index in [9.17, 15) is 0 Å². The van der Waals surface area contributed by atoms with Crippen molar-refractivity contribution in [2.45, 2.75) is 31.3 Å². The van der Waals surface area contributed by atoms with E-state index in [1.165, 1.54) is 0 Å². The van der Waals surface area contributed by atoms with Crippen molar-refractivity contribution in [3.8, 4) is 0 Å². The molecule has 0 fully saturated rings. The van der Waals surface area contributed by atoms with E-state index in [0.717, 1.165) is 36.2 Å². The molecule has 0 aliphatic rings. The van der Waals surface area contributed by atoms with Crippen molar-refractivity contribution in [1.82, 2.24) is 30.7 Å². The summed E-state index contributed by atoms with van der Waals surface area (Å²) in [4.78, 5) is 0. The lowest BCUT2D eigenvalue weighted by molar-refractivity contribution is 0.393. The van der Waals surface area contributed by atoms with Crippen molar-refractivity contribution in [2.75, 3.05) is 13.1 Å². The largest absolute Gasteiger partial charge is 0.361 e. The van der Waals surface area contributed by atoms with Crippen LogP contribution < -0.4 is 5.32 Å². The third-order valence-electron chi connectivity index (χ3n) is 2.28. The highest BCUT2D eigenvalue weighted by molar-refractivity contribution is 7.98. The predicted molar refractivity (Wildman–Crippen MR) is 67.2 cm³/mol. The molecule has 0 saturated heterocycles. The molecule has 18 heavy (non-hydrogen) atoms. The molecule has 0 radical (unpaired) electrons. The number of hydrogen-bond acceptors (Lipinski definition) is 7. The van der Waals surface area contributed by atoms with Crippen LogP contribution in [-0.4, -0.2) is 38.5 Å². The van der Waals surface area contributed by atoms with Crippen molar-refractivity contribution in [3.63, 3.8) is 0 Å². The summed E-state index contributed by atoms with van der Waals surface area (Å²) >= 11 is 1.55. The Morgan fingerprint density at radius 2 is 2.39 bits per heavy atom. The highest BCUT2D eigenvalue weighted by Gasteiger charge is 2.08. The van der Waals surface area contributed by atoms with Gasteiger partial charge in [0.1, 0.15) is 5.76 Å². The molecule has 7 nitrogen and oxygen atoms in total. The minimum atomic E-state index is 0.707. The van der Waals surface area contributed by atoms with Gasteiger partial charge in [0.25, 0.3) is 0 Å². The molecule has 0 aliphatic heterocycles. The Kier molecular flexibility index (Phi) is 4.71. The zero-order valence-electron chi connectivity index (χ0n) is 10.5. The molecule has 0 saturated carbocycles. The first-order valence-electron chi connectivity index (χ1n) is 5.81. The van der Waals surface area contributed by atoms with Crippen LogP contribution in [0.5, 0.6) is 0 Å². The fourth-order valence-corrected chi connectivity index (χ4v) is 2.21. The Labute approximate surface area is 109 Å². The van der Waals surface area contributed by atoms with E-state index in [2.05, 4.69) is 32.9 Å². The lowest BCUT2D eigenvalue weighted by atomic mass is 10.4. The number of hydrogen-bond donors (Lipinski definition) is 1. The van der Waals surface area contributed by atoms with Crippen molar-refractivity contribution in [1.29, 1.82) is 0 Å². The van der Waals surface area contributed by atoms with Crippen LogP contribution in [0.25, 0.3) is 0 Å². The zero-order valence-corrected chi connectivity index (χ0v) is 11.3. The first kappa shape index (κ1) is 13.0. The first-order valence-corrected chi connectivity index (χ1v) is 6.80. The van der Waals surface area contributed by atoms with E-state index in [0.29, 0.717) is 5.75 Å². The van der Waals surface area contributed by atoms with Gasteiger partial charge in [0.2, 0.25) is 5.16 Å². The summed E-state index contributed by atoms with van der Waals surface area (Å²) in [5.74, 6) is 1.52. The standard InChI is InChI=1S/C10H16N6OS/c1-3-11-4-5-16-10(12-14-15-16)18-7-9-6-8(2)17-13-9/h6,11H,3-5,7H2,1-2H3. The highest BCUT2D eigenvalue weighted by Crippen LogP contribution is 2.19. The summed E-state index contributed by atoms with van der Waals surface area (Å²) in [6, 6.07) is 1.92. The Bertz CT molecular complexity index is 482. The van der Waals surface area contributed by atoms with E-state index in [-0.39, 0.29) is 0 Å². The summed E-state index contributed by atoms with van der Waals surface area (Å²) in [6.07, 6.45) is 0. The molecular weight excluding hydrogens is 252 g/mol. The normalized spacial score (nSPS) is 11.0. The van der Waals surface area contributed by atoms with Gasteiger partial charge in [-0.1, -0.05) is 23.8 Å². The number of tetrazole rings is 1. The van der Waals surface area contributed by atoms with Crippen LogP contribution in [0.2, 0.25) is 0 Å². The first-order chi connectivity index (χ1) is 8.79. The van der Waals surface area contributed by atoms with Crippen molar-refractivity contribution in [2.24, 2.45) is 0 Å². The lowest BCUT2D eigenvalue weighted by Crippen LogP contribution is -2.20. The molecule has 0 atom stereocenters. The van der Waals surface area contributed by atoms with Crippen LogP contribution in [0, 0.1) is 6.92 Å². The summed E-state index contributed by atoms with van der Waals surface area (Å²) in [5, 5.41) is 19.6. The third kappa shape index (κ3) is 3.54. The zero-order chi connectivity index (χ0) is 12.8. The van der Waals surface area contributed by atoms with E-state index < -0.39 is 0 Å². The lowest BCUT2D eigenvalue weighted by Gasteiger charge is -2.03. The maximum Gasteiger partial charge on any atom is 0.209 e. The summed E-state index contributed by atoms with van der Waals surface area (Å²) in [7, 11) is 0. The van der Waals surface area contributed by atoms with Gasteiger partial charge >= 0.3 is 0 Å². The molecule has 2 aromatic heterocycles. The van der Waals surface area contributed by atoms with Gasteiger partial charge in [-0.2, -0.15) is 0 Å². The minimum absolute atomic E-state index is 0.707. The Hall–Kier alpha value is -1.41. The van der Waals surface area contributed by atoms with Gasteiger partial charge in [-0.05, 0) is 23.9 Å². The van der Waals surface area contributed by atoms with Crippen LogP contribution in [0.1, 0.15) is 18.4 Å². The summed E-state index contributed by atoms with van der Waals surface area (Å²) in [6.45, 7) is 6.52. The maximum atomic E-state index is 5.01. The predicted octanol–water partition coefficient (Wildman–Crippen LogP) is 0.871. The smallest absolute Gasteiger partial charge is 0.209 e. The Morgan fingerprint density at radius 1 is 1.50 bits per heavy atom. The topological polar surface area (TPSA) is 81.7 Å². The van der Waals surface area contributed by atoms with Crippen LogP contribution in [0.3, 0.4) is 0 Å². The van der Waals surface area contributed by atoms with Gasteiger partial charge < -0.3 is 9.84 Å². The minimum Gasteiger partial charge on any atom is -0.361 e. The number of likely N-dealkylation sites (N-methyl/N-ethyl adjacent to an activating group) is 1. The molecule has 8 heteroatoms. The average molecular weight is 268 g/mol. The molecule has 0 spiro atoms. The van der Waals surface area contributed by atoms with Gasteiger partial charge in [0.05, 0.1) is 12.2 Å². The molecule has 0 bridgehead atoms. The van der Waals surface area contributed by atoms with Gasteiger partial charge in [-0.3, -0.25) is 0 Å². The van der Waals surface area contributed by atoms with Crippen LogP contribution in [0.4, 0.5) is 0 Å². The molecule has 2 aromatic rings. The summed E-state index contributed by atoms with van der Waals surface area (Å²) < 4.78 is 6.80. The van der Waals surface area contributed by atoms with E-state index in [4.69, 9.17) is 4.52 Å². The number of nitrogens with zero attached hydrogens (tertiary/aromatic N) is 5. The third-order valence-corrected chi connectivity index (χ3v) is 3.27. The maximum absolute atomic E-state index is 5.01. The Morgan fingerprint density at radius 3 is 3.11 bits per heavy atom. The molecule has 2 heterocycles. The quantitative estimate of drug-likeness (QED) is 0.589. The molecule has 98 valence electrons. The molecule has 2 rings (SSSR count). The van der Waals surface area contributed by atoms with Gasteiger partial charge in [0.15, 0.2) is 0 Å². The Balaban J connectivity index is 1.87. The SMILES string of the molecule is CCNCCn1nnnc1SCc1cc(C)on1. The van der Waals surface area contributed by atoms with Crippen LogP contribution in [0.15, 0.2) is 15.7 Å². The fraction of sp³-hybridized carbons (Fsp3) is 0.600. The molecule has 0 aliphatic carbocycles. The second kappa shape index (κ2) is 6.50. The second-order valence-corrected chi connectivity index (χ2v) is 4.70. The number of rotatable bonds is 7. The molecule has 0 amide bonds. The second-order valence-electron chi connectivity index (χ2n) is 3.76. The van der Waals surface area contributed by atoms with Crippen molar-refractivity contribution in [3.05, 3.63) is 17.5 Å². The fourth-order valence-electron chi connectivity index (χ4n) is 1.43. The highest BCUT2D eigenvalue weighted by atomic mass is 32.2. The van der Waals surface area contributed by atoms with Gasteiger partial charge in [0, 0.05) is 18.4 Å². The number of thioether (sulfide) groups is 1.